The van der Waals surface area contributed by atoms with Crippen molar-refractivity contribution in [2.45, 2.75) is 90.1 Å². The third kappa shape index (κ3) is 9.86. The molecule has 0 saturated carbocycles. The standard InChI is InChI=1S/C43H53N4O10P/c1-29(2)47(30(3)4)58(55-24-12-23-44)57-37-25-39(45-26-31(5)41(49)46(42(45)50)27-40(48)53-8)56-38(37)28-54-43(32-13-10-9-11-14-32,33-15-19-35(51-6)20-16-33)34-17-21-36(52-7)22-18-34/h9-11,13-22,26,29-30,37-39H,12,24-25,27-28H2,1-8H3/t37-,38+,39+,58?/m0/s1. The zero-order valence-electron chi connectivity index (χ0n) is 34.3. The second kappa shape index (κ2) is 20.2. The SMILES string of the molecule is COC(=O)Cn1c(=O)c(C)cn([C@H]2C[C@H](OP(OCCC#N)N(C(C)C)C(C)C)[C@@H](COC(c3ccccc3)(c3ccc(OC)cc3)c3ccc(OC)cc3)O2)c1=O. The van der Waals surface area contributed by atoms with Crippen molar-refractivity contribution in [2.75, 3.05) is 34.5 Å². The zero-order chi connectivity index (χ0) is 42.0. The van der Waals surface area contributed by atoms with Crippen molar-refractivity contribution in [3.63, 3.8) is 0 Å². The Morgan fingerprint density at radius 3 is 2.00 bits per heavy atom. The van der Waals surface area contributed by atoms with Gasteiger partial charge in [-0.05, 0) is 75.6 Å². The second-order valence-corrected chi connectivity index (χ2v) is 15.7. The predicted octanol–water partition coefficient (Wildman–Crippen LogP) is 6.47. The number of carbonyl (C=O) groups excluding carboxylic acids is 1. The fourth-order valence-corrected chi connectivity index (χ4v) is 8.88. The molecule has 4 aromatic rings. The summed E-state index contributed by atoms with van der Waals surface area (Å²) in [7, 11) is 2.67. The van der Waals surface area contributed by atoms with Crippen LogP contribution in [0.4, 0.5) is 0 Å². The summed E-state index contributed by atoms with van der Waals surface area (Å²) in [6, 6.07) is 27.4. The number of aromatic nitrogens is 2. The van der Waals surface area contributed by atoms with Gasteiger partial charge in [0.25, 0.3) is 14.1 Å². The average molecular weight is 817 g/mol. The number of esters is 1. The number of methoxy groups -OCH3 is 3. The van der Waals surface area contributed by atoms with Crippen molar-refractivity contribution in [1.29, 1.82) is 5.26 Å². The monoisotopic (exact) mass is 816 g/mol. The number of rotatable bonds is 19. The summed E-state index contributed by atoms with van der Waals surface area (Å²) in [5.41, 5.74) is 0.162. The van der Waals surface area contributed by atoms with E-state index in [4.69, 9.17) is 32.7 Å². The molecule has 5 rings (SSSR count). The molecule has 0 bridgehead atoms. The maximum absolute atomic E-state index is 13.9. The Labute approximate surface area is 340 Å². The molecular weight excluding hydrogens is 763 g/mol. The van der Waals surface area contributed by atoms with Gasteiger partial charge in [0.05, 0.1) is 53.1 Å². The third-order valence-electron chi connectivity index (χ3n) is 9.90. The lowest BCUT2D eigenvalue weighted by molar-refractivity contribution is -0.141. The lowest BCUT2D eigenvalue weighted by Crippen LogP contribution is -2.43. The molecule has 1 saturated heterocycles. The smallest absolute Gasteiger partial charge is 0.333 e. The van der Waals surface area contributed by atoms with Crippen molar-refractivity contribution in [1.82, 2.24) is 13.8 Å². The second-order valence-electron chi connectivity index (χ2n) is 14.3. The summed E-state index contributed by atoms with van der Waals surface area (Å²) < 4.78 is 47.3. The van der Waals surface area contributed by atoms with E-state index in [2.05, 4.69) is 10.7 Å². The molecule has 1 fully saturated rings. The van der Waals surface area contributed by atoms with E-state index < -0.39 is 56.3 Å². The molecule has 1 unspecified atom stereocenters. The molecule has 14 nitrogen and oxygen atoms in total. The average Bonchev–Trinajstić information content (AvgIpc) is 3.63. The Hall–Kier alpha value is -4.87. The highest BCUT2D eigenvalue weighted by Gasteiger charge is 2.45. The van der Waals surface area contributed by atoms with Crippen LogP contribution in [0.1, 0.15) is 69.0 Å². The van der Waals surface area contributed by atoms with Crippen LogP contribution in [0.25, 0.3) is 0 Å². The zero-order valence-corrected chi connectivity index (χ0v) is 35.2. The Morgan fingerprint density at radius 2 is 1.48 bits per heavy atom. The Balaban J connectivity index is 1.64. The molecule has 0 amide bonds. The van der Waals surface area contributed by atoms with Crippen molar-refractivity contribution in [3.8, 4) is 17.6 Å². The summed E-state index contributed by atoms with van der Waals surface area (Å²) in [6.45, 7) is 9.32. The fourth-order valence-electron chi connectivity index (χ4n) is 7.12. The van der Waals surface area contributed by atoms with Crippen molar-refractivity contribution in [3.05, 3.63) is 128 Å². The molecule has 58 heavy (non-hydrogen) atoms. The van der Waals surface area contributed by atoms with Gasteiger partial charge in [0, 0.05) is 30.3 Å². The topological polar surface area (TPSA) is 153 Å². The molecule has 0 aliphatic carbocycles. The molecule has 2 heterocycles. The van der Waals surface area contributed by atoms with E-state index in [1.54, 1.807) is 21.1 Å². The Kier molecular flexibility index (Phi) is 15.4. The van der Waals surface area contributed by atoms with E-state index >= 15 is 0 Å². The number of ether oxygens (including phenoxy) is 5. The number of nitrogens with zero attached hydrogens (tertiary/aromatic N) is 4. The van der Waals surface area contributed by atoms with Crippen LogP contribution in [0, 0.1) is 18.3 Å². The van der Waals surface area contributed by atoms with E-state index in [0.29, 0.717) is 11.5 Å². The molecule has 4 atom stereocenters. The molecule has 1 aromatic heterocycles. The number of hydrogen-bond acceptors (Lipinski definition) is 12. The van der Waals surface area contributed by atoms with Gasteiger partial charge in [-0.3, -0.25) is 14.2 Å². The van der Waals surface area contributed by atoms with E-state index in [1.807, 2.05) is 107 Å². The molecule has 0 radical (unpaired) electrons. The van der Waals surface area contributed by atoms with Crippen LogP contribution in [0.15, 0.2) is 94.6 Å². The van der Waals surface area contributed by atoms with Gasteiger partial charge >= 0.3 is 11.7 Å². The van der Waals surface area contributed by atoms with E-state index in [1.165, 1.54) is 17.9 Å². The van der Waals surface area contributed by atoms with Crippen molar-refractivity contribution >= 4 is 14.5 Å². The number of carbonyl (C=O) groups is 1. The molecule has 3 aromatic carbocycles. The lowest BCUT2D eigenvalue weighted by atomic mass is 9.80. The normalized spacial score (nSPS) is 17.4. The van der Waals surface area contributed by atoms with Gasteiger partial charge in [-0.25, -0.2) is 14.0 Å². The van der Waals surface area contributed by atoms with Crippen LogP contribution in [0.3, 0.4) is 0 Å². The van der Waals surface area contributed by atoms with E-state index in [0.717, 1.165) is 21.3 Å². The van der Waals surface area contributed by atoms with Crippen molar-refractivity contribution < 1.29 is 37.5 Å². The van der Waals surface area contributed by atoms with Crippen LogP contribution in [0.2, 0.25) is 0 Å². The molecule has 310 valence electrons. The largest absolute Gasteiger partial charge is 0.497 e. The first kappa shape index (κ1) is 44.2. The minimum absolute atomic E-state index is 0.0176. The minimum Gasteiger partial charge on any atom is -0.497 e. The van der Waals surface area contributed by atoms with Gasteiger partial charge in [-0.2, -0.15) is 5.26 Å². The summed E-state index contributed by atoms with van der Waals surface area (Å²) in [4.78, 5) is 39.3. The number of nitriles is 1. The first-order valence-electron chi connectivity index (χ1n) is 19.2. The van der Waals surface area contributed by atoms with Gasteiger partial charge in [-0.15, -0.1) is 0 Å². The maximum Gasteiger partial charge on any atom is 0.333 e. The van der Waals surface area contributed by atoms with Gasteiger partial charge in [0.1, 0.15) is 36.0 Å². The molecule has 1 aliphatic heterocycles. The Morgan fingerprint density at radius 1 is 0.914 bits per heavy atom. The van der Waals surface area contributed by atoms with Gasteiger partial charge in [0.15, 0.2) is 0 Å². The molecule has 0 spiro atoms. The van der Waals surface area contributed by atoms with Gasteiger partial charge in [0.2, 0.25) is 0 Å². The summed E-state index contributed by atoms with van der Waals surface area (Å²) >= 11 is 0. The van der Waals surface area contributed by atoms with Gasteiger partial charge < -0.3 is 32.7 Å². The van der Waals surface area contributed by atoms with Crippen LogP contribution >= 0.6 is 8.53 Å². The molecular formula is C43H53N4O10P. The van der Waals surface area contributed by atoms with Crippen LogP contribution < -0.4 is 20.7 Å². The quantitative estimate of drug-likeness (QED) is 0.0442. The fraction of sp³-hybridized carbons (Fsp3) is 0.442. The highest BCUT2D eigenvalue weighted by atomic mass is 31.2. The lowest BCUT2D eigenvalue weighted by Gasteiger charge is -2.39. The number of aryl methyl sites for hydroxylation is 1. The maximum atomic E-state index is 13.9. The first-order valence-corrected chi connectivity index (χ1v) is 20.3. The van der Waals surface area contributed by atoms with Crippen LogP contribution in [0.5, 0.6) is 11.5 Å². The van der Waals surface area contributed by atoms with Crippen molar-refractivity contribution in [2.24, 2.45) is 0 Å². The molecule has 0 N–H and O–H groups in total. The minimum atomic E-state index is -1.75. The van der Waals surface area contributed by atoms with E-state index in [-0.39, 0.29) is 43.7 Å². The summed E-state index contributed by atoms with van der Waals surface area (Å²) in [5, 5.41) is 9.36. The highest BCUT2D eigenvalue weighted by Crippen LogP contribution is 2.50. The van der Waals surface area contributed by atoms with Crippen LogP contribution in [-0.4, -0.2) is 78.6 Å². The summed E-state index contributed by atoms with van der Waals surface area (Å²) in [5.74, 6) is 0.609. The number of hydrogen-bond donors (Lipinski definition) is 0. The third-order valence-corrected chi connectivity index (χ3v) is 12.1. The Bertz CT molecular complexity index is 2060. The highest BCUT2D eigenvalue weighted by molar-refractivity contribution is 7.44. The van der Waals surface area contributed by atoms with E-state index in [9.17, 15) is 19.6 Å². The van der Waals surface area contributed by atoms with Gasteiger partial charge in [-0.1, -0.05) is 54.6 Å². The first-order chi connectivity index (χ1) is 27.9. The molecule has 15 heteroatoms. The number of benzene rings is 3. The predicted molar refractivity (Wildman–Crippen MR) is 219 cm³/mol. The molecule has 1 aliphatic rings. The van der Waals surface area contributed by atoms with Crippen LogP contribution in [-0.2, 0) is 40.2 Å². The summed E-state index contributed by atoms with van der Waals surface area (Å²) in [6.07, 6.45) is -0.646.